The van der Waals surface area contributed by atoms with Crippen LogP contribution in [0.5, 0.6) is 0 Å². The Hall–Kier alpha value is -3.50. The van der Waals surface area contributed by atoms with Crippen LogP contribution in [0.3, 0.4) is 0 Å². The molecule has 3 N–H and O–H groups in total. The molecule has 1 aromatic carbocycles. The van der Waals surface area contributed by atoms with Crippen molar-refractivity contribution in [3.05, 3.63) is 36.0 Å². The summed E-state index contributed by atoms with van der Waals surface area (Å²) < 4.78 is 7.27. The fourth-order valence-corrected chi connectivity index (χ4v) is 4.42. The molecule has 10 heteroatoms. The van der Waals surface area contributed by atoms with Gasteiger partial charge in [0.15, 0.2) is 11.3 Å². The first kappa shape index (κ1) is 19.2. The first-order chi connectivity index (χ1) is 15.6. The molecule has 2 saturated heterocycles. The van der Waals surface area contributed by atoms with E-state index >= 15 is 0 Å². The minimum atomic E-state index is -0.226. The number of ether oxygens (including phenoxy) is 1. The van der Waals surface area contributed by atoms with E-state index in [-0.39, 0.29) is 11.9 Å². The molecule has 0 radical (unpaired) electrons. The minimum Gasteiger partial charge on any atom is -0.377 e. The van der Waals surface area contributed by atoms with E-state index in [1.165, 1.54) is 0 Å². The van der Waals surface area contributed by atoms with Gasteiger partial charge in [0.25, 0.3) is 5.91 Å². The number of anilines is 2. The number of para-hydroxylation sites is 2. The predicted molar refractivity (Wildman–Crippen MR) is 122 cm³/mol. The lowest BCUT2D eigenvalue weighted by Crippen LogP contribution is -2.52. The van der Waals surface area contributed by atoms with Gasteiger partial charge in [0.05, 0.1) is 48.2 Å². The molecule has 10 nitrogen and oxygen atoms in total. The maximum absolute atomic E-state index is 13.0. The number of carbonyl (C=O) groups excluding carboxylic acids is 1. The van der Waals surface area contributed by atoms with Crippen LogP contribution in [0.2, 0.25) is 0 Å². The normalized spacial score (nSPS) is 17.4. The summed E-state index contributed by atoms with van der Waals surface area (Å²) in [6, 6.07) is 8.27. The Morgan fingerprint density at radius 1 is 1.09 bits per heavy atom. The number of likely N-dealkylation sites (N-methyl/N-ethyl adjacent to an activating group) is 1. The van der Waals surface area contributed by atoms with Crippen molar-refractivity contribution >= 4 is 45.3 Å². The molecule has 0 atom stereocenters. The SMILES string of the molecule is CNC(=O)c1c(NC2COC2)c2ncc(NC3CN(C)C3)nc2n2c1nc1ccccc12. The standard InChI is InChI=1S/C22H24N8O2/c1-23-22(31)17-18(26-13-10-32-11-13)19-21(28-16(7-24-19)25-12-8-29(2)9-12)30-15-6-4-3-5-14(15)27-20(17)30/h3-7,12-13,26H,8-11H2,1-2H3,(H,23,31)(H,25,28). The average Bonchev–Trinajstić information content (AvgIpc) is 3.13. The van der Waals surface area contributed by atoms with Crippen LogP contribution >= 0.6 is 0 Å². The van der Waals surface area contributed by atoms with Crippen molar-refractivity contribution in [3.63, 3.8) is 0 Å². The fourth-order valence-electron chi connectivity index (χ4n) is 4.42. The molecular weight excluding hydrogens is 408 g/mol. The van der Waals surface area contributed by atoms with Crippen LogP contribution in [0.15, 0.2) is 30.5 Å². The lowest BCUT2D eigenvalue weighted by molar-refractivity contribution is 0.0211. The van der Waals surface area contributed by atoms with E-state index < -0.39 is 0 Å². The number of hydrogen-bond donors (Lipinski definition) is 3. The lowest BCUT2D eigenvalue weighted by atomic mass is 10.1. The quantitative estimate of drug-likeness (QED) is 0.433. The van der Waals surface area contributed by atoms with Gasteiger partial charge in [0.2, 0.25) is 0 Å². The van der Waals surface area contributed by atoms with Gasteiger partial charge < -0.3 is 25.6 Å². The van der Waals surface area contributed by atoms with Crippen LogP contribution in [-0.2, 0) is 4.74 Å². The largest absolute Gasteiger partial charge is 0.377 e. The van der Waals surface area contributed by atoms with Crippen molar-refractivity contribution in [2.45, 2.75) is 12.1 Å². The Kier molecular flexibility index (Phi) is 4.37. The molecule has 0 unspecified atom stereocenters. The first-order valence-electron chi connectivity index (χ1n) is 10.7. The Labute approximate surface area is 184 Å². The van der Waals surface area contributed by atoms with Gasteiger partial charge in [-0.05, 0) is 19.2 Å². The lowest BCUT2D eigenvalue weighted by Gasteiger charge is -2.36. The molecule has 5 heterocycles. The number of nitrogens with zero attached hydrogens (tertiary/aromatic N) is 5. The van der Waals surface area contributed by atoms with Crippen LogP contribution in [-0.4, -0.2) is 82.6 Å². The predicted octanol–water partition coefficient (Wildman–Crippen LogP) is 1.33. The van der Waals surface area contributed by atoms with Gasteiger partial charge in [0, 0.05) is 20.1 Å². The molecule has 0 spiro atoms. The Balaban J connectivity index is 1.63. The zero-order chi connectivity index (χ0) is 21.8. The summed E-state index contributed by atoms with van der Waals surface area (Å²) in [7, 11) is 3.71. The number of rotatable bonds is 5. The van der Waals surface area contributed by atoms with E-state index in [1.807, 2.05) is 28.7 Å². The second-order valence-electron chi connectivity index (χ2n) is 8.46. The number of pyridine rings is 1. The van der Waals surface area contributed by atoms with E-state index in [4.69, 9.17) is 19.7 Å². The van der Waals surface area contributed by atoms with E-state index in [0.717, 1.165) is 24.1 Å². The number of likely N-dealkylation sites (tertiary alicyclic amines) is 1. The zero-order valence-corrected chi connectivity index (χ0v) is 17.9. The molecule has 0 aliphatic carbocycles. The van der Waals surface area contributed by atoms with Crippen molar-refractivity contribution in [2.24, 2.45) is 0 Å². The number of aromatic nitrogens is 4. The Morgan fingerprint density at radius 2 is 1.91 bits per heavy atom. The summed E-state index contributed by atoms with van der Waals surface area (Å²) in [5.41, 5.74) is 4.60. The molecule has 2 aliphatic heterocycles. The van der Waals surface area contributed by atoms with Crippen molar-refractivity contribution < 1.29 is 9.53 Å². The molecular formula is C22H24N8O2. The number of benzene rings is 1. The van der Waals surface area contributed by atoms with Gasteiger partial charge in [-0.3, -0.25) is 9.20 Å². The molecule has 0 bridgehead atoms. The number of hydrogen-bond acceptors (Lipinski definition) is 8. The van der Waals surface area contributed by atoms with Crippen LogP contribution in [0.4, 0.5) is 11.5 Å². The zero-order valence-electron chi connectivity index (χ0n) is 17.9. The van der Waals surface area contributed by atoms with E-state index in [0.29, 0.717) is 53.1 Å². The maximum atomic E-state index is 13.0. The Bertz CT molecular complexity index is 1360. The van der Waals surface area contributed by atoms with Gasteiger partial charge in [-0.1, -0.05) is 12.1 Å². The highest BCUT2D eigenvalue weighted by Crippen LogP contribution is 2.33. The molecule has 2 fully saturated rings. The van der Waals surface area contributed by atoms with Crippen molar-refractivity contribution in [3.8, 4) is 0 Å². The second-order valence-corrected chi connectivity index (χ2v) is 8.46. The average molecular weight is 432 g/mol. The van der Waals surface area contributed by atoms with Crippen molar-refractivity contribution in [1.29, 1.82) is 0 Å². The van der Waals surface area contributed by atoms with Crippen LogP contribution < -0.4 is 16.0 Å². The van der Waals surface area contributed by atoms with E-state index in [2.05, 4.69) is 27.9 Å². The highest BCUT2D eigenvalue weighted by atomic mass is 16.5. The molecule has 4 aromatic rings. The molecule has 3 aromatic heterocycles. The minimum absolute atomic E-state index is 0.110. The highest BCUT2D eigenvalue weighted by molar-refractivity contribution is 6.12. The molecule has 164 valence electrons. The van der Waals surface area contributed by atoms with Gasteiger partial charge in [-0.2, -0.15) is 0 Å². The third kappa shape index (κ3) is 2.94. The smallest absolute Gasteiger partial charge is 0.257 e. The van der Waals surface area contributed by atoms with Crippen LogP contribution in [0.1, 0.15) is 10.4 Å². The van der Waals surface area contributed by atoms with Gasteiger partial charge in [-0.15, -0.1) is 0 Å². The second kappa shape index (κ2) is 7.28. The molecule has 1 amide bonds. The van der Waals surface area contributed by atoms with Crippen LogP contribution in [0.25, 0.3) is 27.8 Å². The highest BCUT2D eigenvalue weighted by Gasteiger charge is 2.29. The number of carbonyl (C=O) groups is 1. The number of imidazole rings is 1. The summed E-state index contributed by atoms with van der Waals surface area (Å²) in [5, 5.41) is 9.69. The van der Waals surface area contributed by atoms with Gasteiger partial charge in [0.1, 0.15) is 16.9 Å². The topological polar surface area (TPSA) is 109 Å². The third-order valence-electron chi connectivity index (χ3n) is 6.09. The van der Waals surface area contributed by atoms with Gasteiger partial charge in [-0.25, -0.2) is 15.0 Å². The van der Waals surface area contributed by atoms with E-state index in [9.17, 15) is 4.79 Å². The number of fused-ring (bicyclic) bond motifs is 5. The Morgan fingerprint density at radius 3 is 2.62 bits per heavy atom. The number of nitrogens with one attached hydrogen (secondary N) is 3. The summed E-state index contributed by atoms with van der Waals surface area (Å²) in [4.78, 5) is 29.8. The fraction of sp³-hybridized carbons (Fsp3) is 0.364. The van der Waals surface area contributed by atoms with Crippen molar-refractivity contribution in [1.82, 2.24) is 29.6 Å². The first-order valence-corrected chi connectivity index (χ1v) is 10.7. The molecule has 6 rings (SSSR count). The van der Waals surface area contributed by atoms with Crippen molar-refractivity contribution in [2.75, 3.05) is 51.0 Å². The summed E-state index contributed by atoms with van der Waals surface area (Å²) >= 11 is 0. The number of amides is 1. The molecule has 0 saturated carbocycles. The summed E-state index contributed by atoms with van der Waals surface area (Å²) in [6.45, 7) is 3.09. The monoisotopic (exact) mass is 432 g/mol. The van der Waals surface area contributed by atoms with Crippen LogP contribution in [0, 0.1) is 0 Å². The molecule has 32 heavy (non-hydrogen) atoms. The summed E-state index contributed by atoms with van der Waals surface area (Å²) in [6.07, 6.45) is 1.74. The van der Waals surface area contributed by atoms with Gasteiger partial charge >= 0.3 is 0 Å². The third-order valence-corrected chi connectivity index (χ3v) is 6.09. The van der Waals surface area contributed by atoms with E-state index in [1.54, 1.807) is 13.2 Å². The summed E-state index contributed by atoms with van der Waals surface area (Å²) in [5.74, 6) is 0.483. The molecule has 2 aliphatic rings. The maximum Gasteiger partial charge on any atom is 0.257 e.